The summed E-state index contributed by atoms with van der Waals surface area (Å²) in [6.45, 7) is 6.92. The van der Waals surface area contributed by atoms with E-state index < -0.39 is 0 Å². The van der Waals surface area contributed by atoms with Crippen molar-refractivity contribution in [1.29, 1.82) is 0 Å². The predicted molar refractivity (Wildman–Crippen MR) is 113 cm³/mol. The molecule has 6 nitrogen and oxygen atoms in total. The van der Waals surface area contributed by atoms with E-state index in [1.165, 1.54) is 11.8 Å². The molecule has 1 aromatic carbocycles. The summed E-state index contributed by atoms with van der Waals surface area (Å²) in [6.07, 6.45) is 3.55. The molecule has 0 radical (unpaired) electrons. The molecule has 3 aromatic rings. The van der Waals surface area contributed by atoms with Crippen molar-refractivity contribution in [1.82, 2.24) is 19.3 Å². The van der Waals surface area contributed by atoms with Crippen molar-refractivity contribution in [3.63, 3.8) is 0 Å². The lowest BCUT2D eigenvalue weighted by molar-refractivity contribution is -0.113. The van der Waals surface area contributed by atoms with Gasteiger partial charge in [-0.15, -0.1) is 0 Å². The molecule has 1 amide bonds. The average Bonchev–Trinajstić information content (AvgIpc) is 3.27. The Morgan fingerprint density at radius 3 is 2.67 bits per heavy atom. The quantitative estimate of drug-likeness (QED) is 0.526. The first-order valence-corrected chi connectivity index (χ1v) is 10.5. The second-order valence-corrected chi connectivity index (χ2v) is 8.13. The number of thioether (sulfide) groups is 1. The first-order valence-electron chi connectivity index (χ1n) is 8.77. The highest BCUT2D eigenvalue weighted by molar-refractivity contribution is 9.10. The summed E-state index contributed by atoms with van der Waals surface area (Å²) in [5.74, 6) is 0.934. The second kappa shape index (κ2) is 8.75. The van der Waals surface area contributed by atoms with Crippen LogP contribution in [0.25, 0.3) is 11.3 Å². The molecule has 27 heavy (non-hydrogen) atoms. The summed E-state index contributed by atoms with van der Waals surface area (Å²) in [6, 6.07) is 10.1. The van der Waals surface area contributed by atoms with Crippen molar-refractivity contribution in [3.8, 4) is 11.3 Å². The molecule has 0 fully saturated rings. The third-order valence-corrected chi connectivity index (χ3v) is 5.55. The summed E-state index contributed by atoms with van der Waals surface area (Å²) in [7, 11) is 0. The Morgan fingerprint density at radius 2 is 2.00 bits per heavy atom. The molecule has 0 saturated carbocycles. The van der Waals surface area contributed by atoms with Gasteiger partial charge in [0.1, 0.15) is 5.82 Å². The van der Waals surface area contributed by atoms with Crippen molar-refractivity contribution in [2.45, 2.75) is 38.5 Å². The molecule has 2 aromatic heterocycles. The maximum Gasteiger partial charge on any atom is 0.235 e. The van der Waals surface area contributed by atoms with E-state index >= 15 is 0 Å². The molecule has 0 atom stereocenters. The second-order valence-electron chi connectivity index (χ2n) is 6.27. The van der Waals surface area contributed by atoms with Crippen molar-refractivity contribution >= 4 is 39.4 Å². The van der Waals surface area contributed by atoms with E-state index in [1.807, 2.05) is 32.2 Å². The monoisotopic (exact) mass is 447 g/mol. The van der Waals surface area contributed by atoms with Crippen molar-refractivity contribution in [3.05, 3.63) is 47.2 Å². The Hall–Kier alpha value is -2.06. The molecule has 0 aliphatic rings. The first-order chi connectivity index (χ1) is 13.0. The zero-order valence-electron chi connectivity index (χ0n) is 15.5. The molecule has 8 heteroatoms. The molecule has 2 heterocycles. The van der Waals surface area contributed by atoms with Crippen LogP contribution in [0, 0.1) is 0 Å². The lowest BCUT2D eigenvalue weighted by atomic mass is 10.2. The number of benzene rings is 1. The number of carbonyl (C=O) groups is 1. The van der Waals surface area contributed by atoms with Gasteiger partial charge in [-0.25, -0.2) is 9.67 Å². The fraction of sp³-hybridized carbons (Fsp3) is 0.316. The lowest BCUT2D eigenvalue weighted by Gasteiger charge is -2.12. The summed E-state index contributed by atoms with van der Waals surface area (Å²) in [5.41, 5.74) is 2.15. The zero-order valence-corrected chi connectivity index (χ0v) is 17.9. The van der Waals surface area contributed by atoms with E-state index in [-0.39, 0.29) is 11.9 Å². The maximum absolute atomic E-state index is 12.4. The van der Waals surface area contributed by atoms with Gasteiger partial charge in [-0.05, 0) is 38.5 Å². The topological polar surface area (TPSA) is 64.7 Å². The molecule has 142 valence electrons. The molecule has 0 aliphatic carbocycles. The smallest absolute Gasteiger partial charge is 0.235 e. The standard InChI is InChI=1S/C19H22BrN5OS/c1-4-24-16(14-5-7-15(20)8-6-14)11-21-19(24)27-12-18(26)23-17-9-10-22-25(17)13(2)3/h5-11,13H,4,12H2,1-3H3,(H,23,26). The Kier molecular flexibility index (Phi) is 6.38. The van der Waals surface area contributed by atoms with Gasteiger partial charge in [0.05, 0.1) is 23.8 Å². The third kappa shape index (κ3) is 4.62. The molecule has 1 N–H and O–H groups in total. The fourth-order valence-electron chi connectivity index (χ4n) is 2.76. The fourth-order valence-corrected chi connectivity index (χ4v) is 3.87. The number of anilines is 1. The van der Waals surface area contributed by atoms with Crippen LogP contribution in [0.5, 0.6) is 0 Å². The van der Waals surface area contributed by atoms with E-state index in [9.17, 15) is 4.79 Å². The van der Waals surface area contributed by atoms with Gasteiger partial charge in [-0.3, -0.25) is 4.79 Å². The highest BCUT2D eigenvalue weighted by Gasteiger charge is 2.14. The van der Waals surface area contributed by atoms with Crippen LogP contribution in [0.2, 0.25) is 0 Å². The number of hydrogen-bond donors (Lipinski definition) is 1. The number of rotatable bonds is 7. The van der Waals surface area contributed by atoms with E-state index in [0.717, 1.165) is 27.4 Å². The van der Waals surface area contributed by atoms with Crippen LogP contribution < -0.4 is 5.32 Å². The maximum atomic E-state index is 12.4. The van der Waals surface area contributed by atoms with E-state index in [2.05, 4.69) is 55.0 Å². The van der Waals surface area contributed by atoms with Crippen LogP contribution in [-0.4, -0.2) is 31.0 Å². The Morgan fingerprint density at radius 1 is 1.26 bits per heavy atom. The highest BCUT2D eigenvalue weighted by atomic mass is 79.9. The minimum absolute atomic E-state index is 0.0711. The summed E-state index contributed by atoms with van der Waals surface area (Å²) >= 11 is 4.90. The third-order valence-electron chi connectivity index (χ3n) is 4.03. The summed E-state index contributed by atoms with van der Waals surface area (Å²) in [5, 5.41) is 7.99. The molecular weight excluding hydrogens is 426 g/mol. The number of amides is 1. The van der Waals surface area contributed by atoms with Crippen molar-refractivity contribution in [2.24, 2.45) is 0 Å². The van der Waals surface area contributed by atoms with Gasteiger partial charge in [0.2, 0.25) is 5.91 Å². The van der Waals surface area contributed by atoms with Gasteiger partial charge in [0, 0.05) is 23.1 Å². The van der Waals surface area contributed by atoms with E-state index in [1.54, 1.807) is 16.9 Å². The van der Waals surface area contributed by atoms with Crippen LogP contribution in [0.3, 0.4) is 0 Å². The Labute approximate surface area is 171 Å². The normalized spacial score (nSPS) is 11.1. The van der Waals surface area contributed by atoms with Crippen molar-refractivity contribution in [2.75, 3.05) is 11.1 Å². The molecule has 0 unspecified atom stereocenters. The van der Waals surface area contributed by atoms with Gasteiger partial charge in [0.15, 0.2) is 5.16 Å². The van der Waals surface area contributed by atoms with Crippen LogP contribution >= 0.6 is 27.7 Å². The van der Waals surface area contributed by atoms with Gasteiger partial charge >= 0.3 is 0 Å². The summed E-state index contributed by atoms with van der Waals surface area (Å²) in [4.78, 5) is 16.9. The SMILES string of the molecule is CCn1c(-c2ccc(Br)cc2)cnc1SCC(=O)Nc1ccnn1C(C)C. The number of halogens is 1. The van der Waals surface area contributed by atoms with Gasteiger partial charge in [-0.2, -0.15) is 5.10 Å². The minimum atomic E-state index is -0.0711. The first kappa shape index (κ1) is 19.7. The molecule has 0 saturated heterocycles. The predicted octanol–water partition coefficient (Wildman–Crippen LogP) is 4.84. The highest BCUT2D eigenvalue weighted by Crippen LogP contribution is 2.27. The van der Waals surface area contributed by atoms with Gasteiger partial charge < -0.3 is 9.88 Å². The molecule has 0 bridgehead atoms. The number of nitrogens with zero attached hydrogens (tertiary/aromatic N) is 4. The summed E-state index contributed by atoms with van der Waals surface area (Å²) < 4.78 is 4.96. The van der Waals surface area contributed by atoms with E-state index in [4.69, 9.17) is 0 Å². The van der Waals surface area contributed by atoms with Gasteiger partial charge in [0.25, 0.3) is 0 Å². The molecular formula is C19H22BrN5OS. The Balaban J connectivity index is 1.68. The van der Waals surface area contributed by atoms with Crippen LogP contribution in [-0.2, 0) is 11.3 Å². The zero-order chi connectivity index (χ0) is 19.4. The van der Waals surface area contributed by atoms with Crippen molar-refractivity contribution < 1.29 is 4.79 Å². The lowest BCUT2D eigenvalue weighted by Crippen LogP contribution is -2.18. The number of hydrogen-bond acceptors (Lipinski definition) is 4. The van der Waals surface area contributed by atoms with Crippen LogP contribution in [0.15, 0.2) is 52.4 Å². The van der Waals surface area contributed by atoms with E-state index in [0.29, 0.717) is 11.6 Å². The minimum Gasteiger partial charge on any atom is -0.319 e. The Bertz CT molecular complexity index is 917. The number of imidazole rings is 1. The molecule has 0 aliphatic heterocycles. The van der Waals surface area contributed by atoms with Crippen LogP contribution in [0.4, 0.5) is 5.82 Å². The van der Waals surface area contributed by atoms with Gasteiger partial charge in [-0.1, -0.05) is 39.8 Å². The van der Waals surface area contributed by atoms with Crippen LogP contribution in [0.1, 0.15) is 26.8 Å². The molecule has 3 rings (SSSR count). The molecule has 0 spiro atoms. The number of nitrogens with one attached hydrogen (secondary N) is 1. The number of carbonyl (C=O) groups excluding carboxylic acids is 1. The largest absolute Gasteiger partial charge is 0.319 e. The number of aromatic nitrogens is 4. The average molecular weight is 448 g/mol.